The number of alkyl halides is 3. The fourth-order valence-electron chi connectivity index (χ4n) is 3.82. The molecule has 0 saturated carbocycles. The van der Waals surface area contributed by atoms with Gasteiger partial charge in [-0.05, 0) is 53.4 Å². The van der Waals surface area contributed by atoms with Crippen LogP contribution in [0.25, 0.3) is 11.1 Å². The zero-order valence-electron chi connectivity index (χ0n) is 20.9. The maximum Gasteiger partial charge on any atom is 0.416 e. The fourth-order valence-corrected chi connectivity index (χ4v) is 3.82. The molecule has 0 spiro atoms. The fraction of sp³-hybridized carbons (Fsp3) is 0.259. The number of methoxy groups -OCH3 is 1. The van der Waals surface area contributed by atoms with Crippen LogP contribution < -0.4 is 21.3 Å². The Bertz CT molecular complexity index is 1220. The number of rotatable bonds is 9. The van der Waals surface area contributed by atoms with Crippen molar-refractivity contribution < 1.29 is 32.6 Å². The largest absolute Gasteiger partial charge is 0.550 e. The normalized spacial score (nSPS) is 10.8. The molecule has 2 amide bonds. The summed E-state index contributed by atoms with van der Waals surface area (Å²) in [5.74, 6) is -0.930. The minimum Gasteiger partial charge on any atom is -0.550 e. The predicted molar refractivity (Wildman–Crippen MR) is 133 cm³/mol. The maximum atomic E-state index is 13.6. The quantitative estimate of drug-likeness (QED) is 0.425. The number of nitrogens with zero attached hydrogens (tertiary/aromatic N) is 1. The average molecular weight is 518 g/mol. The van der Waals surface area contributed by atoms with Gasteiger partial charge in [-0.15, -0.1) is 0 Å². The average Bonchev–Trinajstić information content (AvgIpc) is 2.85. The number of ether oxygens (including phenoxy) is 1. The van der Waals surface area contributed by atoms with E-state index in [1.54, 1.807) is 25.1 Å². The van der Waals surface area contributed by atoms with Gasteiger partial charge in [0.05, 0.1) is 12.7 Å². The van der Waals surface area contributed by atoms with E-state index in [0.29, 0.717) is 22.4 Å². The lowest BCUT2D eigenvalue weighted by atomic mass is 9.94. The van der Waals surface area contributed by atoms with Crippen LogP contribution in [0.2, 0.25) is 0 Å². The first-order valence-electron chi connectivity index (χ1n) is 11.3. The van der Waals surface area contributed by atoms with Crippen LogP contribution >= 0.6 is 0 Å². The molecular formula is C27H30F3N3O4. The van der Waals surface area contributed by atoms with Gasteiger partial charge in [0.1, 0.15) is 5.75 Å². The van der Waals surface area contributed by atoms with Crippen molar-refractivity contribution >= 4 is 12.0 Å². The molecule has 10 heteroatoms. The van der Waals surface area contributed by atoms with Crippen LogP contribution in [0, 0.1) is 0 Å². The molecule has 0 heterocycles. The van der Waals surface area contributed by atoms with Crippen LogP contribution in [0.4, 0.5) is 18.0 Å². The van der Waals surface area contributed by atoms with E-state index in [0.717, 1.165) is 17.7 Å². The van der Waals surface area contributed by atoms with Gasteiger partial charge < -0.3 is 31.0 Å². The minimum absolute atomic E-state index is 0. The molecule has 198 valence electrons. The van der Waals surface area contributed by atoms with Crippen molar-refractivity contribution in [2.45, 2.75) is 32.6 Å². The minimum atomic E-state index is -4.58. The number of hydrogen-bond donors (Lipinski definition) is 2. The summed E-state index contributed by atoms with van der Waals surface area (Å²) in [5, 5.41) is 13.9. The summed E-state index contributed by atoms with van der Waals surface area (Å²) in [6, 6.07) is 16.8. The highest BCUT2D eigenvalue weighted by Gasteiger charge is 2.31. The first-order chi connectivity index (χ1) is 17.1. The Morgan fingerprint density at radius 1 is 0.973 bits per heavy atom. The Labute approximate surface area is 213 Å². The van der Waals surface area contributed by atoms with Crippen LogP contribution in [0.15, 0.2) is 66.7 Å². The Hall–Kier alpha value is -4.05. The van der Waals surface area contributed by atoms with Gasteiger partial charge in [-0.1, -0.05) is 42.5 Å². The molecule has 0 saturated heterocycles. The number of carboxylic acid groups (broad SMARTS) is 1. The molecule has 0 bridgehead atoms. The molecule has 3 aromatic rings. The van der Waals surface area contributed by atoms with Gasteiger partial charge in [0.2, 0.25) is 0 Å². The molecule has 5 N–H and O–H groups in total. The zero-order chi connectivity index (χ0) is 26.3. The molecule has 7 nitrogen and oxygen atoms in total. The Balaban J connectivity index is 0.00000481. The van der Waals surface area contributed by atoms with Gasteiger partial charge in [-0.25, -0.2) is 4.79 Å². The van der Waals surface area contributed by atoms with E-state index < -0.39 is 23.7 Å². The Morgan fingerprint density at radius 3 is 2.27 bits per heavy atom. The van der Waals surface area contributed by atoms with E-state index in [2.05, 4.69) is 5.32 Å². The van der Waals surface area contributed by atoms with Crippen LogP contribution in [-0.4, -0.2) is 30.6 Å². The van der Waals surface area contributed by atoms with E-state index in [9.17, 15) is 27.9 Å². The molecule has 0 atom stereocenters. The number of carbonyl (C=O) groups excluding carboxylic acids is 2. The molecular weight excluding hydrogens is 487 g/mol. The van der Waals surface area contributed by atoms with E-state index in [-0.39, 0.29) is 37.8 Å². The first kappa shape index (κ1) is 29.2. The summed E-state index contributed by atoms with van der Waals surface area (Å²) in [5.41, 5.74) is 1.49. The lowest BCUT2D eigenvalue weighted by Crippen LogP contribution is -2.39. The van der Waals surface area contributed by atoms with Gasteiger partial charge in [0, 0.05) is 37.6 Å². The highest BCUT2D eigenvalue weighted by atomic mass is 19.4. The van der Waals surface area contributed by atoms with Crippen LogP contribution in [-0.2, 0) is 30.5 Å². The van der Waals surface area contributed by atoms with Crippen molar-refractivity contribution in [1.82, 2.24) is 16.4 Å². The number of halogens is 3. The van der Waals surface area contributed by atoms with Crippen molar-refractivity contribution in [3.05, 3.63) is 89.0 Å². The maximum absolute atomic E-state index is 13.6. The Kier molecular flexibility index (Phi) is 10.1. The van der Waals surface area contributed by atoms with E-state index >= 15 is 0 Å². The molecule has 0 aliphatic rings. The second-order valence-electron chi connectivity index (χ2n) is 8.11. The van der Waals surface area contributed by atoms with Gasteiger partial charge in [0.15, 0.2) is 0 Å². The Morgan fingerprint density at radius 2 is 1.68 bits per heavy atom. The van der Waals surface area contributed by atoms with Crippen LogP contribution in [0.5, 0.6) is 5.75 Å². The number of urea groups is 1. The second-order valence-corrected chi connectivity index (χ2v) is 8.11. The third-order valence-corrected chi connectivity index (χ3v) is 5.65. The van der Waals surface area contributed by atoms with E-state index in [1.807, 2.05) is 30.3 Å². The number of carbonyl (C=O) groups is 2. The number of quaternary nitrogens is 1. The smallest absolute Gasteiger partial charge is 0.416 e. The standard InChI is InChI=1S/C27H27F3N2O4.H3N/c1-3-32(26(35)31-16-18-7-5-4-6-8-18)17-20-15-21(27(28,29)30)10-11-22(20)23-13-19(14-25(33)34)9-12-24(23)36-2;/h4-13,15H,3,14,16-17H2,1-2H3,(H,31,35)(H,33,34);1H3. The number of benzene rings is 3. The molecule has 0 aromatic heterocycles. The highest BCUT2D eigenvalue weighted by Crippen LogP contribution is 2.38. The molecule has 0 aliphatic heterocycles. The van der Waals surface area contributed by atoms with Gasteiger partial charge in [0.25, 0.3) is 0 Å². The number of hydrogen-bond acceptors (Lipinski definition) is 4. The monoisotopic (exact) mass is 517 g/mol. The predicted octanol–water partition coefficient (Wildman–Crippen LogP) is 4.78. The summed E-state index contributed by atoms with van der Waals surface area (Å²) in [4.78, 5) is 25.4. The third kappa shape index (κ3) is 7.71. The van der Waals surface area contributed by atoms with Crippen molar-refractivity contribution in [2.75, 3.05) is 13.7 Å². The SMILES string of the molecule is CCN(Cc1cc(C(F)(F)F)ccc1-c1cc(CC(=O)[O-])ccc1OC)C(=O)NCc1ccccc1.[NH4+]. The van der Waals surface area contributed by atoms with E-state index in [1.165, 1.54) is 18.1 Å². The molecule has 3 rings (SSSR count). The molecule has 37 heavy (non-hydrogen) atoms. The summed E-state index contributed by atoms with van der Waals surface area (Å²) in [6.07, 6.45) is -4.95. The lowest BCUT2D eigenvalue weighted by Gasteiger charge is -2.24. The lowest BCUT2D eigenvalue weighted by molar-refractivity contribution is -0.304. The summed E-state index contributed by atoms with van der Waals surface area (Å²) in [7, 11) is 1.41. The van der Waals surface area contributed by atoms with Gasteiger partial charge in [-0.2, -0.15) is 13.2 Å². The number of nitrogens with one attached hydrogen (secondary N) is 1. The van der Waals surface area contributed by atoms with E-state index in [4.69, 9.17) is 4.74 Å². The van der Waals surface area contributed by atoms with Crippen molar-refractivity contribution in [1.29, 1.82) is 0 Å². The number of carboxylic acids is 1. The highest BCUT2D eigenvalue weighted by molar-refractivity contribution is 5.78. The third-order valence-electron chi connectivity index (χ3n) is 5.65. The van der Waals surface area contributed by atoms with Gasteiger partial charge in [-0.3, -0.25) is 0 Å². The van der Waals surface area contributed by atoms with Crippen LogP contribution in [0.1, 0.15) is 29.2 Å². The summed E-state index contributed by atoms with van der Waals surface area (Å²) < 4.78 is 46.1. The van der Waals surface area contributed by atoms with Crippen molar-refractivity contribution in [3.8, 4) is 16.9 Å². The van der Waals surface area contributed by atoms with Crippen molar-refractivity contribution in [2.24, 2.45) is 0 Å². The topological polar surface area (TPSA) is 118 Å². The molecule has 0 fully saturated rings. The molecule has 0 radical (unpaired) electrons. The van der Waals surface area contributed by atoms with Crippen molar-refractivity contribution in [3.63, 3.8) is 0 Å². The number of aliphatic carboxylic acids is 1. The molecule has 0 aliphatic carbocycles. The molecule has 3 aromatic carbocycles. The number of amides is 2. The van der Waals surface area contributed by atoms with Crippen LogP contribution in [0.3, 0.4) is 0 Å². The summed E-state index contributed by atoms with van der Waals surface area (Å²) >= 11 is 0. The summed E-state index contributed by atoms with van der Waals surface area (Å²) in [6.45, 7) is 2.14. The molecule has 0 unspecified atom stereocenters. The first-order valence-corrected chi connectivity index (χ1v) is 11.3. The van der Waals surface area contributed by atoms with Gasteiger partial charge >= 0.3 is 12.2 Å². The zero-order valence-corrected chi connectivity index (χ0v) is 20.9. The second kappa shape index (κ2) is 12.8.